The summed E-state index contributed by atoms with van der Waals surface area (Å²) >= 11 is 0. The first-order chi connectivity index (χ1) is 10.5. The van der Waals surface area contributed by atoms with Crippen LogP contribution >= 0.6 is 0 Å². The van der Waals surface area contributed by atoms with E-state index >= 15 is 0 Å². The number of hydrogen-bond acceptors (Lipinski definition) is 1. The van der Waals surface area contributed by atoms with Crippen molar-refractivity contribution in [1.29, 1.82) is 0 Å². The van der Waals surface area contributed by atoms with E-state index in [1.54, 1.807) is 0 Å². The summed E-state index contributed by atoms with van der Waals surface area (Å²) in [6, 6.07) is 16.1. The van der Waals surface area contributed by atoms with Crippen LogP contribution in [0.15, 0.2) is 71.8 Å². The number of hydrogen-bond donors (Lipinski definition) is 1. The third-order valence-corrected chi connectivity index (χ3v) is 4.56. The van der Waals surface area contributed by atoms with Gasteiger partial charge in [-0.25, -0.2) is 0 Å². The molecule has 0 amide bonds. The topological polar surface area (TPSA) is 20.2 Å². The third-order valence-electron chi connectivity index (χ3n) is 4.56. The average molecular weight is 290 g/mol. The van der Waals surface area contributed by atoms with Gasteiger partial charge in [-0.3, -0.25) is 0 Å². The first kappa shape index (κ1) is 14.6. The molecule has 0 radical (unpaired) electrons. The Morgan fingerprint density at radius 3 is 2.32 bits per heavy atom. The maximum absolute atomic E-state index is 10.9. The number of benzene rings is 2. The van der Waals surface area contributed by atoms with Crippen molar-refractivity contribution in [1.82, 2.24) is 0 Å². The van der Waals surface area contributed by atoms with Gasteiger partial charge in [-0.05, 0) is 24.5 Å². The van der Waals surface area contributed by atoms with Crippen molar-refractivity contribution in [3.63, 3.8) is 0 Å². The molecule has 0 spiro atoms. The summed E-state index contributed by atoms with van der Waals surface area (Å²) in [4.78, 5) is 0. The molecule has 1 N–H and O–H groups in total. The highest BCUT2D eigenvalue weighted by molar-refractivity contribution is 5.73. The summed E-state index contributed by atoms with van der Waals surface area (Å²) in [5.74, 6) is 0.387. The summed E-state index contributed by atoms with van der Waals surface area (Å²) < 4.78 is 0. The molecule has 0 bridgehead atoms. The summed E-state index contributed by atoms with van der Waals surface area (Å²) in [6.07, 6.45) is 5.52. The van der Waals surface area contributed by atoms with Gasteiger partial charge in [0, 0.05) is 16.5 Å². The van der Waals surface area contributed by atoms with Crippen LogP contribution in [0, 0.1) is 0 Å². The molecule has 112 valence electrons. The van der Waals surface area contributed by atoms with Gasteiger partial charge in [0.25, 0.3) is 0 Å². The predicted molar refractivity (Wildman–Crippen MR) is 93.0 cm³/mol. The van der Waals surface area contributed by atoms with Crippen molar-refractivity contribution in [2.24, 2.45) is 0 Å². The highest BCUT2D eigenvalue weighted by Gasteiger charge is 2.29. The van der Waals surface area contributed by atoms with E-state index in [2.05, 4.69) is 32.9 Å². The predicted octanol–water partition coefficient (Wildman–Crippen LogP) is 5.61. The fourth-order valence-electron chi connectivity index (χ4n) is 3.14. The fourth-order valence-corrected chi connectivity index (χ4v) is 3.14. The van der Waals surface area contributed by atoms with Crippen molar-refractivity contribution in [2.75, 3.05) is 0 Å². The van der Waals surface area contributed by atoms with Crippen LogP contribution in [-0.4, -0.2) is 5.11 Å². The lowest BCUT2D eigenvalue weighted by molar-refractivity contribution is 0.455. The highest BCUT2D eigenvalue weighted by atomic mass is 16.3. The quantitative estimate of drug-likeness (QED) is 0.778. The van der Waals surface area contributed by atoms with Crippen molar-refractivity contribution < 1.29 is 5.11 Å². The molecule has 1 aliphatic carbocycles. The fraction of sp³-hybridized carbons (Fsp3) is 0.238. The molecule has 0 saturated heterocycles. The molecule has 1 aliphatic rings. The molecular formula is C21H22O. The number of para-hydroxylation sites is 1. The van der Waals surface area contributed by atoms with Crippen LogP contribution in [0.2, 0.25) is 0 Å². The van der Waals surface area contributed by atoms with Crippen LogP contribution in [0.3, 0.4) is 0 Å². The molecule has 0 fully saturated rings. The Labute approximate surface area is 132 Å². The van der Waals surface area contributed by atoms with Gasteiger partial charge in [0.05, 0.1) is 0 Å². The van der Waals surface area contributed by atoms with Crippen LogP contribution in [0.1, 0.15) is 32.8 Å². The van der Waals surface area contributed by atoms with Crippen molar-refractivity contribution in [2.45, 2.75) is 32.6 Å². The van der Waals surface area contributed by atoms with Crippen molar-refractivity contribution in [3.05, 3.63) is 77.4 Å². The number of phenolic OH excluding ortho intramolecular Hbond substituents is 1. The molecule has 3 rings (SSSR count). The smallest absolute Gasteiger partial charge is 0.127 e. The summed E-state index contributed by atoms with van der Waals surface area (Å²) in [6.45, 7) is 6.51. The normalized spacial score (nSPS) is 14.7. The minimum absolute atomic E-state index is 0.202. The Bertz CT molecular complexity index is 749. The van der Waals surface area contributed by atoms with E-state index < -0.39 is 0 Å². The number of phenols is 1. The summed E-state index contributed by atoms with van der Waals surface area (Å²) in [5.41, 5.74) is 5.38. The second-order valence-electron chi connectivity index (χ2n) is 6.55. The van der Waals surface area contributed by atoms with Crippen LogP contribution in [0.25, 0.3) is 11.1 Å². The van der Waals surface area contributed by atoms with Gasteiger partial charge in [-0.2, -0.15) is 0 Å². The molecule has 0 atom stereocenters. The largest absolute Gasteiger partial charge is 0.507 e. The Balaban J connectivity index is 2.09. The third kappa shape index (κ3) is 2.48. The van der Waals surface area contributed by atoms with Crippen LogP contribution < -0.4 is 0 Å². The van der Waals surface area contributed by atoms with E-state index in [0.717, 1.165) is 23.1 Å². The zero-order chi connectivity index (χ0) is 15.7. The molecule has 22 heavy (non-hydrogen) atoms. The van der Waals surface area contributed by atoms with E-state index in [1.165, 1.54) is 11.1 Å². The van der Waals surface area contributed by atoms with Crippen LogP contribution in [-0.2, 0) is 5.41 Å². The van der Waals surface area contributed by atoms with Gasteiger partial charge >= 0.3 is 0 Å². The highest BCUT2D eigenvalue weighted by Crippen LogP contribution is 2.43. The Hall–Kier alpha value is -2.28. The maximum atomic E-state index is 10.9. The Morgan fingerprint density at radius 1 is 0.955 bits per heavy atom. The molecule has 0 aliphatic heterocycles. The Kier molecular flexibility index (Phi) is 3.66. The van der Waals surface area contributed by atoms with Gasteiger partial charge in [-0.1, -0.05) is 80.1 Å². The zero-order valence-electron chi connectivity index (χ0n) is 13.4. The van der Waals surface area contributed by atoms with Gasteiger partial charge in [0.1, 0.15) is 5.75 Å². The molecule has 1 nitrogen and oxygen atoms in total. The lowest BCUT2D eigenvalue weighted by Gasteiger charge is -2.28. The SMILES string of the molecule is CC1=CC(C(C)(C)c2cccc(-c3ccccc3)c2O)=CC1. The van der Waals surface area contributed by atoms with E-state index in [1.807, 2.05) is 48.5 Å². The molecular weight excluding hydrogens is 268 g/mol. The summed E-state index contributed by atoms with van der Waals surface area (Å²) in [5, 5.41) is 10.9. The van der Waals surface area contributed by atoms with Crippen LogP contribution in [0.4, 0.5) is 0 Å². The molecule has 0 heterocycles. The second-order valence-corrected chi connectivity index (χ2v) is 6.55. The monoisotopic (exact) mass is 290 g/mol. The van der Waals surface area contributed by atoms with E-state index in [9.17, 15) is 5.11 Å². The minimum atomic E-state index is -0.202. The van der Waals surface area contributed by atoms with Gasteiger partial charge in [0.15, 0.2) is 0 Å². The lowest BCUT2D eigenvalue weighted by Crippen LogP contribution is -2.19. The molecule has 2 aromatic rings. The first-order valence-electron chi connectivity index (χ1n) is 7.76. The van der Waals surface area contributed by atoms with E-state index in [-0.39, 0.29) is 5.41 Å². The number of rotatable bonds is 3. The average Bonchev–Trinajstić information content (AvgIpc) is 2.95. The maximum Gasteiger partial charge on any atom is 0.127 e. The van der Waals surface area contributed by atoms with Crippen molar-refractivity contribution in [3.8, 4) is 16.9 Å². The molecule has 2 aromatic carbocycles. The van der Waals surface area contributed by atoms with Gasteiger partial charge in [-0.15, -0.1) is 0 Å². The molecule has 0 saturated carbocycles. The standard InChI is InChI=1S/C21H22O/c1-15-12-13-17(14-15)21(2,3)19-11-7-10-18(20(19)22)16-8-5-4-6-9-16/h4-11,13-14,22H,12H2,1-3H3. The second kappa shape index (κ2) is 5.49. The summed E-state index contributed by atoms with van der Waals surface area (Å²) in [7, 11) is 0. The van der Waals surface area contributed by atoms with E-state index in [4.69, 9.17) is 0 Å². The van der Waals surface area contributed by atoms with Gasteiger partial charge in [0.2, 0.25) is 0 Å². The minimum Gasteiger partial charge on any atom is -0.507 e. The zero-order valence-corrected chi connectivity index (χ0v) is 13.4. The number of allylic oxidation sites excluding steroid dienone is 4. The number of aromatic hydroxyl groups is 1. The Morgan fingerprint density at radius 2 is 1.68 bits per heavy atom. The molecule has 0 aromatic heterocycles. The van der Waals surface area contributed by atoms with Crippen LogP contribution in [0.5, 0.6) is 5.75 Å². The van der Waals surface area contributed by atoms with Gasteiger partial charge < -0.3 is 5.11 Å². The van der Waals surface area contributed by atoms with E-state index in [0.29, 0.717) is 5.75 Å². The lowest BCUT2D eigenvalue weighted by atomic mass is 9.76. The van der Waals surface area contributed by atoms with Crippen molar-refractivity contribution >= 4 is 0 Å². The molecule has 0 unspecified atom stereocenters. The first-order valence-corrected chi connectivity index (χ1v) is 7.76. The molecule has 1 heteroatoms.